The van der Waals surface area contributed by atoms with Gasteiger partial charge in [-0.3, -0.25) is 0 Å². The van der Waals surface area contributed by atoms with E-state index in [1.54, 1.807) is 18.2 Å². The van der Waals surface area contributed by atoms with Gasteiger partial charge in [-0.2, -0.15) is 0 Å². The van der Waals surface area contributed by atoms with Crippen molar-refractivity contribution in [2.45, 2.75) is 13.5 Å². The molecule has 94 valence electrons. The van der Waals surface area contributed by atoms with E-state index in [-0.39, 0.29) is 17.2 Å². The number of hydrogen-bond acceptors (Lipinski definition) is 3. The Labute approximate surface area is 107 Å². The van der Waals surface area contributed by atoms with E-state index in [1.807, 2.05) is 6.92 Å². The number of thiophene rings is 1. The number of carboxylic acids is 1. The smallest absolute Gasteiger partial charge is 0.345 e. The molecule has 3 nitrogen and oxygen atoms in total. The Morgan fingerprint density at radius 2 is 2.17 bits per heavy atom. The summed E-state index contributed by atoms with van der Waals surface area (Å²) in [6.07, 6.45) is 0. The van der Waals surface area contributed by atoms with E-state index in [9.17, 15) is 9.18 Å². The number of halogens is 1. The average Bonchev–Trinajstić information content (AvgIpc) is 2.79. The van der Waals surface area contributed by atoms with Crippen molar-refractivity contribution < 1.29 is 19.0 Å². The standard InChI is InChI=1S/C13H11FO3S/c1-8-2-4-10(14)11(6-8)17-7-9-3-5-12(18-9)13(15)16/h2-6H,7H2,1H3,(H,15,16). The lowest BCUT2D eigenvalue weighted by Crippen LogP contribution is -1.96. The fourth-order valence-electron chi connectivity index (χ4n) is 1.44. The molecule has 0 aliphatic rings. The highest BCUT2D eigenvalue weighted by atomic mass is 32.1. The molecule has 0 atom stereocenters. The van der Waals surface area contributed by atoms with Crippen LogP contribution in [0.2, 0.25) is 0 Å². The summed E-state index contributed by atoms with van der Waals surface area (Å²) in [6, 6.07) is 7.80. The number of benzene rings is 1. The summed E-state index contributed by atoms with van der Waals surface area (Å²) in [4.78, 5) is 11.7. The van der Waals surface area contributed by atoms with Crippen molar-refractivity contribution in [3.8, 4) is 5.75 Å². The molecule has 0 aliphatic carbocycles. The second kappa shape index (κ2) is 5.18. The summed E-state index contributed by atoms with van der Waals surface area (Å²) in [5.74, 6) is -1.20. The first-order chi connectivity index (χ1) is 8.56. The molecule has 1 aromatic carbocycles. The normalized spacial score (nSPS) is 10.3. The zero-order valence-corrected chi connectivity index (χ0v) is 10.5. The Balaban J connectivity index is 2.06. The summed E-state index contributed by atoms with van der Waals surface area (Å²) >= 11 is 1.12. The van der Waals surface area contributed by atoms with Gasteiger partial charge in [-0.05, 0) is 36.8 Å². The monoisotopic (exact) mass is 266 g/mol. The van der Waals surface area contributed by atoms with Gasteiger partial charge < -0.3 is 9.84 Å². The molecule has 0 radical (unpaired) electrons. The predicted molar refractivity (Wildman–Crippen MR) is 66.7 cm³/mol. The van der Waals surface area contributed by atoms with Crippen molar-refractivity contribution in [2.24, 2.45) is 0 Å². The van der Waals surface area contributed by atoms with E-state index in [4.69, 9.17) is 9.84 Å². The van der Waals surface area contributed by atoms with Gasteiger partial charge in [0.25, 0.3) is 0 Å². The van der Waals surface area contributed by atoms with Crippen molar-refractivity contribution >= 4 is 17.3 Å². The van der Waals surface area contributed by atoms with Crippen LogP contribution in [0.3, 0.4) is 0 Å². The zero-order valence-electron chi connectivity index (χ0n) is 9.64. The van der Waals surface area contributed by atoms with Gasteiger partial charge in [-0.1, -0.05) is 6.07 Å². The lowest BCUT2D eigenvalue weighted by Gasteiger charge is -2.06. The van der Waals surface area contributed by atoms with Crippen molar-refractivity contribution in [2.75, 3.05) is 0 Å². The van der Waals surface area contributed by atoms with E-state index >= 15 is 0 Å². The summed E-state index contributed by atoms with van der Waals surface area (Å²) in [6.45, 7) is 2.01. The number of carboxylic acid groups (broad SMARTS) is 1. The molecule has 2 aromatic rings. The van der Waals surface area contributed by atoms with Gasteiger partial charge in [-0.25, -0.2) is 9.18 Å². The zero-order chi connectivity index (χ0) is 13.1. The van der Waals surface area contributed by atoms with Crippen LogP contribution in [0.25, 0.3) is 0 Å². The number of hydrogen-bond donors (Lipinski definition) is 1. The van der Waals surface area contributed by atoms with E-state index < -0.39 is 11.8 Å². The van der Waals surface area contributed by atoms with E-state index in [0.29, 0.717) is 0 Å². The fourth-order valence-corrected chi connectivity index (χ4v) is 2.20. The van der Waals surface area contributed by atoms with Gasteiger partial charge in [0.05, 0.1) is 0 Å². The van der Waals surface area contributed by atoms with Crippen molar-refractivity contribution in [1.82, 2.24) is 0 Å². The molecule has 18 heavy (non-hydrogen) atoms. The Hall–Kier alpha value is -1.88. The van der Waals surface area contributed by atoms with Crippen LogP contribution in [-0.2, 0) is 6.61 Å². The lowest BCUT2D eigenvalue weighted by molar-refractivity contribution is 0.0702. The first kappa shape index (κ1) is 12.6. The van der Waals surface area contributed by atoms with Gasteiger partial charge in [0.15, 0.2) is 11.6 Å². The maximum Gasteiger partial charge on any atom is 0.345 e. The SMILES string of the molecule is Cc1ccc(F)c(OCc2ccc(C(=O)O)s2)c1. The third-order valence-electron chi connectivity index (χ3n) is 2.33. The fraction of sp³-hybridized carbons (Fsp3) is 0.154. The summed E-state index contributed by atoms with van der Waals surface area (Å²) in [7, 11) is 0. The predicted octanol–water partition coefficient (Wildman–Crippen LogP) is 3.47. The van der Waals surface area contributed by atoms with Crippen molar-refractivity contribution in [3.63, 3.8) is 0 Å². The Bertz CT molecular complexity index is 577. The van der Waals surface area contributed by atoms with Crippen molar-refractivity contribution in [3.05, 3.63) is 51.5 Å². The van der Waals surface area contributed by atoms with Gasteiger partial charge in [0.1, 0.15) is 11.5 Å². The van der Waals surface area contributed by atoms with Crippen LogP contribution in [0, 0.1) is 12.7 Å². The minimum absolute atomic E-state index is 0.165. The lowest BCUT2D eigenvalue weighted by atomic mass is 10.2. The summed E-state index contributed by atoms with van der Waals surface area (Å²) in [5, 5.41) is 8.77. The molecule has 1 N–H and O–H groups in total. The molecule has 1 heterocycles. The maximum atomic E-state index is 13.4. The van der Waals surface area contributed by atoms with E-state index in [2.05, 4.69) is 0 Å². The Morgan fingerprint density at radius 3 is 2.83 bits per heavy atom. The Morgan fingerprint density at radius 1 is 1.39 bits per heavy atom. The van der Waals surface area contributed by atoms with Gasteiger partial charge in [-0.15, -0.1) is 11.3 Å². The molecule has 0 amide bonds. The molecule has 0 bridgehead atoms. The van der Waals surface area contributed by atoms with Crippen LogP contribution in [0.15, 0.2) is 30.3 Å². The maximum absolute atomic E-state index is 13.4. The van der Waals surface area contributed by atoms with Crippen LogP contribution >= 0.6 is 11.3 Å². The molecular formula is C13H11FO3S. The molecular weight excluding hydrogens is 255 g/mol. The Kier molecular flexibility index (Phi) is 3.62. The van der Waals surface area contributed by atoms with Crippen molar-refractivity contribution in [1.29, 1.82) is 0 Å². The highest BCUT2D eigenvalue weighted by Crippen LogP contribution is 2.22. The number of aromatic carboxylic acids is 1. The molecule has 0 aliphatic heterocycles. The minimum Gasteiger partial charge on any atom is -0.485 e. The number of carbonyl (C=O) groups is 1. The molecule has 2 rings (SSSR count). The largest absolute Gasteiger partial charge is 0.485 e. The first-order valence-corrected chi connectivity index (χ1v) is 6.09. The quantitative estimate of drug-likeness (QED) is 0.921. The van der Waals surface area contributed by atoms with Crippen LogP contribution in [0.5, 0.6) is 5.75 Å². The van der Waals surface area contributed by atoms with E-state index in [0.717, 1.165) is 21.8 Å². The average molecular weight is 266 g/mol. The summed E-state index contributed by atoms with van der Waals surface area (Å²) < 4.78 is 18.7. The molecule has 0 fully saturated rings. The second-order valence-corrected chi connectivity index (χ2v) is 4.96. The van der Waals surface area contributed by atoms with Crippen LogP contribution in [-0.4, -0.2) is 11.1 Å². The molecule has 5 heteroatoms. The third kappa shape index (κ3) is 2.87. The molecule has 0 saturated heterocycles. The molecule has 0 unspecified atom stereocenters. The van der Waals surface area contributed by atoms with Gasteiger partial charge in [0, 0.05) is 4.88 Å². The second-order valence-electron chi connectivity index (χ2n) is 3.79. The van der Waals surface area contributed by atoms with Crippen LogP contribution in [0.4, 0.5) is 4.39 Å². The highest BCUT2D eigenvalue weighted by molar-refractivity contribution is 7.13. The topological polar surface area (TPSA) is 46.5 Å². The minimum atomic E-state index is -0.965. The third-order valence-corrected chi connectivity index (χ3v) is 3.38. The van der Waals surface area contributed by atoms with Crippen LogP contribution in [0.1, 0.15) is 20.1 Å². The highest BCUT2D eigenvalue weighted by Gasteiger charge is 2.08. The number of rotatable bonds is 4. The van der Waals surface area contributed by atoms with E-state index in [1.165, 1.54) is 12.1 Å². The van der Waals surface area contributed by atoms with Crippen LogP contribution < -0.4 is 4.74 Å². The number of ether oxygens (including phenoxy) is 1. The number of aryl methyl sites for hydroxylation is 1. The van der Waals surface area contributed by atoms with Gasteiger partial charge >= 0.3 is 5.97 Å². The first-order valence-electron chi connectivity index (χ1n) is 5.27. The molecule has 1 aromatic heterocycles. The molecule has 0 saturated carbocycles. The summed E-state index contributed by atoms with van der Waals surface area (Å²) in [5.41, 5.74) is 0.906. The molecule has 0 spiro atoms. The van der Waals surface area contributed by atoms with Gasteiger partial charge in [0.2, 0.25) is 0 Å².